The van der Waals surface area contributed by atoms with Gasteiger partial charge in [-0.1, -0.05) is 69.7 Å². The highest BCUT2D eigenvalue weighted by Gasteiger charge is 2.31. The van der Waals surface area contributed by atoms with Gasteiger partial charge in [0, 0.05) is 11.4 Å². The number of nitrogens with two attached hydrogens (primary N) is 2. The normalized spacial score (nSPS) is 26.2. The lowest BCUT2D eigenvalue weighted by molar-refractivity contribution is 0.155. The molecule has 2 aromatic carbocycles. The zero-order valence-electron chi connectivity index (χ0n) is 20.2. The van der Waals surface area contributed by atoms with Gasteiger partial charge in [-0.3, -0.25) is 0 Å². The lowest BCUT2D eigenvalue weighted by Gasteiger charge is -2.38. The summed E-state index contributed by atoms with van der Waals surface area (Å²) in [4.78, 5) is 0. The summed E-state index contributed by atoms with van der Waals surface area (Å²) in [6.07, 6.45) is 18.2. The molecule has 4 rings (SSSR count). The van der Waals surface area contributed by atoms with Gasteiger partial charge in [-0.05, 0) is 104 Å². The van der Waals surface area contributed by atoms with Crippen molar-refractivity contribution in [2.45, 2.75) is 96.3 Å². The highest BCUT2D eigenvalue weighted by Crippen LogP contribution is 2.45. The molecule has 2 heteroatoms. The molecule has 2 aromatic rings. The van der Waals surface area contributed by atoms with Gasteiger partial charge in [0.1, 0.15) is 0 Å². The molecule has 4 N–H and O–H groups in total. The fraction of sp³-hybridized carbons (Fsp3) is 0.600. The van der Waals surface area contributed by atoms with Crippen molar-refractivity contribution in [1.29, 1.82) is 0 Å². The zero-order valence-corrected chi connectivity index (χ0v) is 20.2. The molecule has 2 fully saturated rings. The molecule has 0 saturated heterocycles. The molecule has 174 valence electrons. The second-order valence-corrected chi connectivity index (χ2v) is 10.8. The Bertz CT molecular complexity index is 821. The van der Waals surface area contributed by atoms with Crippen LogP contribution in [0.5, 0.6) is 0 Å². The van der Waals surface area contributed by atoms with Crippen LogP contribution >= 0.6 is 0 Å². The Balaban J connectivity index is 1.31. The van der Waals surface area contributed by atoms with E-state index in [-0.39, 0.29) is 0 Å². The van der Waals surface area contributed by atoms with Gasteiger partial charge in [0.2, 0.25) is 0 Å². The summed E-state index contributed by atoms with van der Waals surface area (Å²) in [5.74, 6) is 3.72. The Morgan fingerprint density at radius 3 is 2.03 bits per heavy atom. The van der Waals surface area contributed by atoms with E-state index in [1.165, 1.54) is 88.2 Å². The molecular weight excluding hydrogens is 388 g/mol. The Kier molecular flexibility index (Phi) is 8.16. The summed E-state index contributed by atoms with van der Waals surface area (Å²) >= 11 is 0. The molecule has 2 saturated carbocycles. The average Bonchev–Trinajstić information content (AvgIpc) is 2.80. The second-order valence-electron chi connectivity index (χ2n) is 10.8. The van der Waals surface area contributed by atoms with Crippen molar-refractivity contribution in [2.75, 3.05) is 11.5 Å². The van der Waals surface area contributed by atoms with Gasteiger partial charge < -0.3 is 11.5 Å². The monoisotopic (exact) mass is 432 g/mol. The molecule has 0 amide bonds. The van der Waals surface area contributed by atoms with Crippen molar-refractivity contribution in [1.82, 2.24) is 0 Å². The highest BCUT2D eigenvalue weighted by molar-refractivity contribution is 5.55. The van der Waals surface area contributed by atoms with Gasteiger partial charge in [0.25, 0.3) is 0 Å². The van der Waals surface area contributed by atoms with E-state index >= 15 is 0 Å². The third-order valence-corrected chi connectivity index (χ3v) is 8.47. The summed E-state index contributed by atoms with van der Waals surface area (Å²) in [7, 11) is 0. The van der Waals surface area contributed by atoms with Gasteiger partial charge in [-0.2, -0.15) is 0 Å². The summed E-state index contributed by atoms with van der Waals surface area (Å²) in [5, 5.41) is 0. The van der Waals surface area contributed by atoms with Crippen LogP contribution in [0.2, 0.25) is 0 Å². The highest BCUT2D eigenvalue weighted by atomic mass is 14.6. The van der Waals surface area contributed by atoms with E-state index in [2.05, 4.69) is 43.3 Å². The molecule has 0 atom stereocenters. The van der Waals surface area contributed by atoms with E-state index in [0.29, 0.717) is 5.92 Å². The van der Waals surface area contributed by atoms with E-state index < -0.39 is 0 Å². The molecule has 0 spiro atoms. The fourth-order valence-electron chi connectivity index (χ4n) is 6.69. The molecule has 2 aliphatic carbocycles. The summed E-state index contributed by atoms with van der Waals surface area (Å²) in [6.45, 7) is 2.32. The van der Waals surface area contributed by atoms with Crippen LogP contribution in [-0.2, 0) is 6.42 Å². The Morgan fingerprint density at radius 1 is 0.750 bits per heavy atom. The van der Waals surface area contributed by atoms with Crippen molar-refractivity contribution in [3.05, 3.63) is 59.2 Å². The lowest BCUT2D eigenvalue weighted by atomic mass is 9.67. The van der Waals surface area contributed by atoms with Gasteiger partial charge in [-0.15, -0.1) is 0 Å². The second kappa shape index (κ2) is 11.3. The minimum atomic E-state index is 0.714. The minimum absolute atomic E-state index is 0.714. The fourth-order valence-corrected chi connectivity index (χ4v) is 6.69. The smallest absolute Gasteiger partial charge is 0.0337 e. The van der Waals surface area contributed by atoms with Crippen LogP contribution in [0.15, 0.2) is 42.5 Å². The van der Waals surface area contributed by atoms with Crippen LogP contribution in [0, 0.1) is 17.8 Å². The Hall–Kier alpha value is -1.96. The van der Waals surface area contributed by atoms with E-state index in [1.54, 1.807) is 5.56 Å². The predicted molar refractivity (Wildman–Crippen MR) is 139 cm³/mol. The quantitative estimate of drug-likeness (QED) is 0.327. The summed E-state index contributed by atoms with van der Waals surface area (Å²) < 4.78 is 0. The standard InChI is InChI=1S/C30H44N2/c1-2-3-4-7-22-10-12-24(13-11-22)25-14-16-26(17-15-25)30-9-6-5-8-27(30)18-23-19-28(31)21-29(32)20-23/h5-6,8-9,19-22,24-26H,2-4,7,10-18,31-32H2,1H3. The third kappa shape index (κ3) is 6.09. The van der Waals surface area contributed by atoms with Gasteiger partial charge in [0.15, 0.2) is 0 Å². The van der Waals surface area contributed by atoms with Crippen LogP contribution in [0.4, 0.5) is 11.4 Å². The van der Waals surface area contributed by atoms with Crippen LogP contribution in [0.1, 0.15) is 107 Å². The average molecular weight is 433 g/mol. The predicted octanol–water partition coefficient (Wildman–Crippen LogP) is 8.10. The third-order valence-electron chi connectivity index (χ3n) is 8.47. The van der Waals surface area contributed by atoms with Crippen LogP contribution in [0.3, 0.4) is 0 Å². The summed E-state index contributed by atoms with van der Waals surface area (Å²) in [5.41, 5.74) is 17.8. The molecule has 0 unspecified atom stereocenters. The lowest BCUT2D eigenvalue weighted by Crippen LogP contribution is -2.25. The molecule has 0 aliphatic heterocycles. The first-order valence-electron chi connectivity index (χ1n) is 13.3. The number of rotatable bonds is 8. The van der Waals surface area contributed by atoms with Gasteiger partial charge in [-0.25, -0.2) is 0 Å². The van der Waals surface area contributed by atoms with Gasteiger partial charge in [0.05, 0.1) is 0 Å². The molecule has 32 heavy (non-hydrogen) atoms. The number of hydrogen-bond acceptors (Lipinski definition) is 2. The van der Waals surface area contributed by atoms with E-state index in [4.69, 9.17) is 11.5 Å². The molecule has 2 aliphatic rings. The number of unbranched alkanes of at least 4 members (excludes halogenated alkanes) is 2. The number of hydrogen-bond donors (Lipinski definition) is 2. The Labute approximate surface area is 196 Å². The maximum atomic E-state index is 6.04. The molecule has 0 heterocycles. The topological polar surface area (TPSA) is 52.0 Å². The zero-order chi connectivity index (χ0) is 22.3. The van der Waals surface area contributed by atoms with E-state index in [9.17, 15) is 0 Å². The molecule has 2 nitrogen and oxygen atoms in total. The molecule has 0 bridgehead atoms. The van der Waals surface area contributed by atoms with Crippen LogP contribution < -0.4 is 11.5 Å². The number of nitrogen functional groups attached to an aromatic ring is 2. The first kappa shape index (κ1) is 23.2. The van der Waals surface area contributed by atoms with Crippen LogP contribution in [0.25, 0.3) is 0 Å². The molecule has 0 aromatic heterocycles. The van der Waals surface area contributed by atoms with E-state index in [0.717, 1.165) is 35.5 Å². The minimum Gasteiger partial charge on any atom is -0.399 e. The van der Waals surface area contributed by atoms with E-state index in [1.807, 2.05) is 6.07 Å². The SMILES string of the molecule is CCCCCC1CCC(C2CCC(c3ccccc3Cc3cc(N)cc(N)c3)CC2)CC1. The molecule has 0 radical (unpaired) electrons. The molecular formula is C30H44N2. The van der Waals surface area contributed by atoms with Crippen molar-refractivity contribution in [3.63, 3.8) is 0 Å². The first-order valence-corrected chi connectivity index (χ1v) is 13.3. The Morgan fingerprint density at radius 2 is 1.38 bits per heavy atom. The van der Waals surface area contributed by atoms with Crippen molar-refractivity contribution in [2.24, 2.45) is 17.8 Å². The number of anilines is 2. The number of benzene rings is 2. The largest absolute Gasteiger partial charge is 0.399 e. The first-order chi connectivity index (χ1) is 15.6. The van der Waals surface area contributed by atoms with Crippen LogP contribution in [-0.4, -0.2) is 0 Å². The summed E-state index contributed by atoms with van der Waals surface area (Å²) in [6, 6.07) is 15.1. The van der Waals surface area contributed by atoms with Gasteiger partial charge >= 0.3 is 0 Å². The van der Waals surface area contributed by atoms with Crippen molar-refractivity contribution in [3.8, 4) is 0 Å². The maximum Gasteiger partial charge on any atom is 0.0337 e. The van der Waals surface area contributed by atoms with Crippen molar-refractivity contribution >= 4 is 11.4 Å². The van der Waals surface area contributed by atoms with Crippen molar-refractivity contribution < 1.29 is 0 Å². The maximum absolute atomic E-state index is 6.04.